The van der Waals surface area contributed by atoms with Gasteiger partial charge in [0.15, 0.2) is 0 Å². The number of rotatable bonds is 6. The molecule has 0 saturated carbocycles. The van der Waals surface area contributed by atoms with Gasteiger partial charge in [-0.25, -0.2) is 9.78 Å². The Morgan fingerprint density at radius 1 is 0.964 bits per heavy atom. The number of nitrogens with zero attached hydrogens (tertiary/aromatic N) is 2. The molecule has 0 radical (unpaired) electrons. The molecule has 144 valence electrons. The van der Waals surface area contributed by atoms with Crippen molar-refractivity contribution in [2.75, 3.05) is 17.2 Å². The predicted octanol–water partition coefficient (Wildman–Crippen LogP) is 5.07. The number of anilines is 4. The average Bonchev–Trinajstić information content (AvgIpc) is 2.64. The van der Waals surface area contributed by atoms with Gasteiger partial charge in [0.25, 0.3) is 0 Å². The number of carbonyl (C=O) groups is 1. The van der Waals surface area contributed by atoms with Crippen molar-refractivity contribution in [3.63, 3.8) is 0 Å². The van der Waals surface area contributed by atoms with Crippen molar-refractivity contribution in [2.45, 2.75) is 27.7 Å². The maximum absolute atomic E-state index is 12.2. The summed E-state index contributed by atoms with van der Waals surface area (Å²) in [5.74, 6) is 0.713. The Morgan fingerprint density at radius 2 is 1.75 bits per heavy atom. The van der Waals surface area contributed by atoms with E-state index in [1.807, 2.05) is 44.2 Å². The molecule has 0 saturated heterocycles. The van der Waals surface area contributed by atoms with Gasteiger partial charge in [-0.15, -0.1) is 0 Å². The summed E-state index contributed by atoms with van der Waals surface area (Å²) < 4.78 is 5.13. The summed E-state index contributed by atoms with van der Waals surface area (Å²) >= 11 is 0. The van der Waals surface area contributed by atoms with E-state index in [1.165, 1.54) is 5.56 Å². The van der Waals surface area contributed by atoms with Gasteiger partial charge in [-0.1, -0.05) is 29.8 Å². The normalized spacial score (nSPS) is 10.4. The van der Waals surface area contributed by atoms with E-state index in [2.05, 4.69) is 33.6 Å². The molecule has 6 nitrogen and oxygen atoms in total. The highest BCUT2D eigenvalue weighted by Gasteiger charge is 2.13. The number of para-hydroxylation sites is 1. The molecule has 0 aliphatic carbocycles. The molecule has 3 rings (SSSR count). The Kier molecular flexibility index (Phi) is 5.89. The zero-order chi connectivity index (χ0) is 20.1. The van der Waals surface area contributed by atoms with Gasteiger partial charge < -0.3 is 15.4 Å². The van der Waals surface area contributed by atoms with Crippen molar-refractivity contribution < 1.29 is 9.53 Å². The van der Waals surface area contributed by atoms with Crippen molar-refractivity contribution in [1.29, 1.82) is 0 Å². The van der Waals surface area contributed by atoms with Crippen molar-refractivity contribution in [3.05, 3.63) is 70.9 Å². The molecule has 0 bridgehead atoms. The first-order chi connectivity index (χ1) is 13.5. The predicted molar refractivity (Wildman–Crippen MR) is 112 cm³/mol. The lowest BCUT2D eigenvalue weighted by molar-refractivity contribution is 0.0527. The lowest BCUT2D eigenvalue weighted by Gasteiger charge is -2.13. The average molecular weight is 376 g/mol. The van der Waals surface area contributed by atoms with E-state index < -0.39 is 0 Å². The summed E-state index contributed by atoms with van der Waals surface area (Å²) in [6.07, 6.45) is 0. The van der Waals surface area contributed by atoms with Crippen LogP contribution < -0.4 is 10.6 Å². The molecule has 0 atom stereocenters. The highest BCUT2D eigenvalue weighted by Crippen LogP contribution is 2.24. The van der Waals surface area contributed by atoms with Crippen molar-refractivity contribution in [3.8, 4) is 0 Å². The van der Waals surface area contributed by atoms with Gasteiger partial charge in [-0.05, 0) is 51.5 Å². The first-order valence-corrected chi connectivity index (χ1v) is 9.19. The Labute approximate surface area is 165 Å². The number of hydrogen-bond acceptors (Lipinski definition) is 6. The molecule has 2 aromatic carbocycles. The minimum absolute atomic E-state index is 0.323. The summed E-state index contributed by atoms with van der Waals surface area (Å²) in [6.45, 7) is 8.11. The van der Waals surface area contributed by atoms with Crippen LogP contribution in [-0.4, -0.2) is 22.5 Å². The standard InChI is InChI=1S/C22H24N4O2/c1-5-28-21(27)17-8-6-7-9-19(17)24-20-13-16(4)23-22(26-20)25-18-11-10-14(2)12-15(18)3/h6-13H,5H2,1-4H3,(H2,23,24,25,26). The molecule has 0 spiro atoms. The van der Waals surface area contributed by atoms with Gasteiger partial charge in [-0.3, -0.25) is 0 Å². The largest absolute Gasteiger partial charge is 0.462 e. The van der Waals surface area contributed by atoms with E-state index in [-0.39, 0.29) is 5.97 Å². The monoisotopic (exact) mass is 376 g/mol. The van der Waals surface area contributed by atoms with Gasteiger partial charge in [0.1, 0.15) is 5.82 Å². The van der Waals surface area contributed by atoms with Crippen LogP contribution in [0.1, 0.15) is 34.1 Å². The SMILES string of the molecule is CCOC(=O)c1ccccc1Nc1cc(C)nc(Nc2ccc(C)cc2C)n1. The van der Waals surface area contributed by atoms with Crippen molar-refractivity contribution in [1.82, 2.24) is 9.97 Å². The minimum Gasteiger partial charge on any atom is -0.462 e. The van der Waals surface area contributed by atoms with Gasteiger partial charge in [0.2, 0.25) is 5.95 Å². The highest BCUT2D eigenvalue weighted by atomic mass is 16.5. The van der Waals surface area contributed by atoms with Crippen molar-refractivity contribution >= 4 is 29.1 Å². The van der Waals surface area contributed by atoms with Crippen LogP contribution in [0.25, 0.3) is 0 Å². The van der Waals surface area contributed by atoms with Gasteiger partial charge in [0, 0.05) is 17.4 Å². The number of aryl methyl sites for hydroxylation is 3. The van der Waals surface area contributed by atoms with E-state index in [0.717, 1.165) is 16.9 Å². The molecular weight excluding hydrogens is 352 g/mol. The molecule has 6 heteroatoms. The highest BCUT2D eigenvalue weighted by molar-refractivity contribution is 5.96. The Bertz CT molecular complexity index is 1000. The zero-order valence-electron chi connectivity index (χ0n) is 16.5. The van der Waals surface area contributed by atoms with E-state index in [0.29, 0.717) is 29.6 Å². The molecule has 1 aromatic heterocycles. The summed E-state index contributed by atoms with van der Waals surface area (Å²) in [7, 11) is 0. The molecule has 3 aromatic rings. The number of esters is 1. The van der Waals surface area contributed by atoms with Gasteiger partial charge in [-0.2, -0.15) is 4.98 Å². The molecule has 0 aliphatic heterocycles. The molecule has 2 N–H and O–H groups in total. The molecule has 0 fully saturated rings. The maximum atomic E-state index is 12.2. The molecule has 1 heterocycles. The topological polar surface area (TPSA) is 76.1 Å². The number of ether oxygens (including phenoxy) is 1. The zero-order valence-corrected chi connectivity index (χ0v) is 16.5. The van der Waals surface area contributed by atoms with E-state index >= 15 is 0 Å². The maximum Gasteiger partial charge on any atom is 0.340 e. The number of hydrogen-bond donors (Lipinski definition) is 2. The van der Waals surface area contributed by atoms with E-state index in [9.17, 15) is 4.79 Å². The van der Waals surface area contributed by atoms with Crippen LogP contribution in [0.2, 0.25) is 0 Å². The summed E-state index contributed by atoms with van der Waals surface area (Å²) in [4.78, 5) is 21.2. The van der Waals surface area contributed by atoms with Crippen LogP contribution in [0.5, 0.6) is 0 Å². The van der Waals surface area contributed by atoms with E-state index in [1.54, 1.807) is 19.1 Å². The third-order valence-corrected chi connectivity index (χ3v) is 4.17. The molecule has 0 amide bonds. The lowest BCUT2D eigenvalue weighted by Crippen LogP contribution is -2.09. The number of benzene rings is 2. The first kappa shape index (κ1) is 19.4. The second kappa shape index (κ2) is 8.52. The number of carbonyl (C=O) groups excluding carboxylic acids is 1. The van der Waals surface area contributed by atoms with Crippen LogP contribution in [-0.2, 0) is 4.74 Å². The summed E-state index contributed by atoms with van der Waals surface area (Å²) in [5, 5.41) is 6.48. The molecular formula is C22H24N4O2. The van der Waals surface area contributed by atoms with Crippen LogP contribution in [0.15, 0.2) is 48.5 Å². The Morgan fingerprint density at radius 3 is 2.50 bits per heavy atom. The molecule has 28 heavy (non-hydrogen) atoms. The fraction of sp³-hybridized carbons (Fsp3) is 0.227. The fourth-order valence-electron chi connectivity index (χ4n) is 2.88. The minimum atomic E-state index is -0.370. The lowest BCUT2D eigenvalue weighted by atomic mass is 10.1. The molecule has 0 aliphatic rings. The second-order valence-corrected chi connectivity index (χ2v) is 6.55. The smallest absolute Gasteiger partial charge is 0.340 e. The Hall–Kier alpha value is -3.41. The number of nitrogens with one attached hydrogen (secondary N) is 2. The van der Waals surface area contributed by atoms with Crippen LogP contribution in [0.3, 0.4) is 0 Å². The van der Waals surface area contributed by atoms with Crippen LogP contribution in [0.4, 0.5) is 23.1 Å². The van der Waals surface area contributed by atoms with Crippen LogP contribution in [0, 0.1) is 20.8 Å². The van der Waals surface area contributed by atoms with Crippen molar-refractivity contribution in [2.24, 2.45) is 0 Å². The first-order valence-electron chi connectivity index (χ1n) is 9.19. The molecule has 0 unspecified atom stereocenters. The second-order valence-electron chi connectivity index (χ2n) is 6.55. The third kappa shape index (κ3) is 4.65. The summed E-state index contributed by atoms with van der Waals surface area (Å²) in [5.41, 5.74) is 5.17. The Balaban J connectivity index is 1.87. The number of aromatic nitrogens is 2. The third-order valence-electron chi connectivity index (χ3n) is 4.17. The fourth-order valence-corrected chi connectivity index (χ4v) is 2.88. The van der Waals surface area contributed by atoms with E-state index in [4.69, 9.17) is 4.74 Å². The van der Waals surface area contributed by atoms with Gasteiger partial charge >= 0.3 is 5.97 Å². The summed E-state index contributed by atoms with van der Waals surface area (Å²) in [6, 6.07) is 15.2. The quantitative estimate of drug-likeness (QED) is 0.585. The van der Waals surface area contributed by atoms with Gasteiger partial charge in [0.05, 0.1) is 17.9 Å². The van der Waals surface area contributed by atoms with Crippen LogP contribution >= 0.6 is 0 Å².